The first kappa shape index (κ1) is 14.8. The van der Waals surface area contributed by atoms with E-state index in [9.17, 15) is 13.6 Å². The zero-order valence-corrected chi connectivity index (χ0v) is 12.5. The summed E-state index contributed by atoms with van der Waals surface area (Å²) in [4.78, 5) is 16.3. The Morgan fingerprint density at radius 2 is 1.92 bits per heavy atom. The molecule has 1 aliphatic heterocycles. The van der Waals surface area contributed by atoms with Crippen molar-refractivity contribution in [3.8, 4) is 11.3 Å². The zero-order chi connectivity index (χ0) is 16.7. The Morgan fingerprint density at radius 3 is 2.62 bits per heavy atom. The number of pyridine rings is 1. The highest BCUT2D eigenvalue weighted by atomic mass is 19.1. The van der Waals surface area contributed by atoms with E-state index in [2.05, 4.69) is 10.3 Å². The standard InChI is InChI=1S/C17H13F2N3O2/c18-11-3-1-10(2-4-11)16-13(7-20-17(23)14-9-24-14)22-8-12(19)5-6-15(22)21-16/h1-6,8,14H,7,9H2,(H,20,23). The van der Waals surface area contributed by atoms with Crippen LogP contribution in [0.15, 0.2) is 42.6 Å². The second kappa shape index (κ2) is 5.68. The predicted molar refractivity (Wildman–Crippen MR) is 82.1 cm³/mol. The second-order valence-electron chi connectivity index (χ2n) is 5.53. The second-order valence-corrected chi connectivity index (χ2v) is 5.53. The molecule has 1 N–H and O–H groups in total. The van der Waals surface area contributed by atoms with Gasteiger partial charge < -0.3 is 10.1 Å². The summed E-state index contributed by atoms with van der Waals surface area (Å²) < 4.78 is 33.3. The summed E-state index contributed by atoms with van der Waals surface area (Å²) in [7, 11) is 0. The Labute approximate surface area is 135 Å². The molecule has 1 amide bonds. The van der Waals surface area contributed by atoms with Crippen LogP contribution in [0.25, 0.3) is 16.9 Å². The van der Waals surface area contributed by atoms with Gasteiger partial charge >= 0.3 is 0 Å². The first-order valence-corrected chi connectivity index (χ1v) is 7.43. The smallest absolute Gasteiger partial charge is 0.251 e. The van der Waals surface area contributed by atoms with Crippen LogP contribution in [0.5, 0.6) is 0 Å². The molecular formula is C17H13F2N3O2. The van der Waals surface area contributed by atoms with Crippen LogP contribution < -0.4 is 5.32 Å². The van der Waals surface area contributed by atoms with Gasteiger partial charge in [-0.1, -0.05) is 0 Å². The van der Waals surface area contributed by atoms with E-state index in [4.69, 9.17) is 4.74 Å². The minimum Gasteiger partial charge on any atom is -0.363 e. The normalized spacial score (nSPS) is 16.3. The van der Waals surface area contributed by atoms with Crippen LogP contribution in [0.3, 0.4) is 0 Å². The van der Waals surface area contributed by atoms with Crippen LogP contribution in [0, 0.1) is 11.6 Å². The maximum Gasteiger partial charge on any atom is 0.251 e. The molecule has 1 fully saturated rings. The number of epoxide rings is 1. The van der Waals surface area contributed by atoms with Crippen LogP contribution in [0.4, 0.5) is 8.78 Å². The first-order valence-electron chi connectivity index (χ1n) is 7.43. The van der Waals surface area contributed by atoms with Gasteiger partial charge in [-0.25, -0.2) is 13.8 Å². The van der Waals surface area contributed by atoms with Crippen molar-refractivity contribution in [1.82, 2.24) is 14.7 Å². The van der Waals surface area contributed by atoms with Crippen molar-refractivity contribution < 1.29 is 18.3 Å². The van der Waals surface area contributed by atoms with Crippen LogP contribution in [-0.4, -0.2) is 28.0 Å². The first-order chi connectivity index (χ1) is 11.6. The van der Waals surface area contributed by atoms with Gasteiger partial charge in [0.1, 0.15) is 17.3 Å². The Balaban J connectivity index is 1.77. The van der Waals surface area contributed by atoms with Crippen LogP contribution in [0.1, 0.15) is 5.69 Å². The number of carbonyl (C=O) groups excluding carboxylic acids is 1. The lowest BCUT2D eigenvalue weighted by molar-refractivity contribution is -0.122. The summed E-state index contributed by atoms with van der Waals surface area (Å²) in [6.07, 6.45) is 0.903. The van der Waals surface area contributed by atoms with Gasteiger partial charge in [0.15, 0.2) is 6.10 Å². The lowest BCUT2D eigenvalue weighted by Crippen LogP contribution is -2.28. The molecule has 24 heavy (non-hydrogen) atoms. The topological polar surface area (TPSA) is 58.9 Å². The number of rotatable bonds is 4. The summed E-state index contributed by atoms with van der Waals surface area (Å²) in [5.74, 6) is -0.982. The number of ether oxygens (including phenoxy) is 1. The lowest BCUT2D eigenvalue weighted by atomic mass is 10.1. The van der Waals surface area contributed by atoms with Crippen molar-refractivity contribution in [2.24, 2.45) is 0 Å². The predicted octanol–water partition coefficient (Wildman–Crippen LogP) is 2.29. The molecule has 2 aromatic heterocycles. The van der Waals surface area contributed by atoms with Gasteiger partial charge in [-0.15, -0.1) is 0 Å². The number of hydrogen-bond donors (Lipinski definition) is 1. The number of carbonyl (C=O) groups is 1. The molecular weight excluding hydrogens is 316 g/mol. The summed E-state index contributed by atoms with van der Waals surface area (Å²) in [6.45, 7) is 0.578. The number of imidazole rings is 1. The van der Waals surface area contributed by atoms with Crippen LogP contribution in [0.2, 0.25) is 0 Å². The zero-order valence-electron chi connectivity index (χ0n) is 12.5. The molecule has 0 spiro atoms. The third-order valence-corrected chi connectivity index (χ3v) is 3.85. The van der Waals surface area contributed by atoms with Crippen molar-refractivity contribution in [2.75, 3.05) is 6.61 Å². The number of benzene rings is 1. The molecule has 0 radical (unpaired) electrons. The fourth-order valence-electron chi connectivity index (χ4n) is 2.56. The third kappa shape index (κ3) is 2.74. The van der Waals surface area contributed by atoms with Gasteiger partial charge in [-0.3, -0.25) is 9.20 Å². The van der Waals surface area contributed by atoms with Gasteiger partial charge in [0, 0.05) is 11.8 Å². The fourth-order valence-corrected chi connectivity index (χ4v) is 2.56. The average molecular weight is 329 g/mol. The molecule has 5 nitrogen and oxygen atoms in total. The number of aromatic nitrogens is 2. The maximum atomic E-state index is 13.6. The van der Waals surface area contributed by atoms with E-state index in [-0.39, 0.29) is 18.3 Å². The number of nitrogens with one attached hydrogen (secondary N) is 1. The molecule has 1 aliphatic rings. The molecule has 1 unspecified atom stereocenters. The lowest BCUT2D eigenvalue weighted by Gasteiger charge is -2.07. The molecule has 1 saturated heterocycles. The Kier molecular flexibility index (Phi) is 3.50. The van der Waals surface area contributed by atoms with Gasteiger partial charge in [-0.2, -0.15) is 0 Å². The number of nitrogens with zero attached hydrogens (tertiary/aromatic N) is 2. The van der Waals surface area contributed by atoms with E-state index in [0.29, 0.717) is 29.2 Å². The van der Waals surface area contributed by atoms with Crippen molar-refractivity contribution >= 4 is 11.6 Å². The summed E-state index contributed by atoms with van der Waals surface area (Å²) in [5.41, 5.74) is 2.41. The summed E-state index contributed by atoms with van der Waals surface area (Å²) >= 11 is 0. The highest BCUT2D eigenvalue weighted by Gasteiger charge is 2.31. The highest BCUT2D eigenvalue weighted by Crippen LogP contribution is 2.25. The Bertz CT molecular complexity index is 917. The van der Waals surface area contributed by atoms with Crippen molar-refractivity contribution in [2.45, 2.75) is 12.6 Å². The Morgan fingerprint density at radius 1 is 1.21 bits per heavy atom. The van der Waals surface area contributed by atoms with E-state index in [1.165, 1.54) is 24.4 Å². The quantitative estimate of drug-likeness (QED) is 0.747. The number of amides is 1. The highest BCUT2D eigenvalue weighted by molar-refractivity contribution is 5.83. The summed E-state index contributed by atoms with van der Waals surface area (Å²) in [6, 6.07) is 8.74. The fraction of sp³-hybridized carbons (Fsp3) is 0.176. The van der Waals surface area contributed by atoms with Gasteiger partial charge in [-0.05, 0) is 36.4 Å². The van der Waals surface area contributed by atoms with Crippen LogP contribution in [-0.2, 0) is 16.1 Å². The molecule has 1 aromatic carbocycles. The number of halogens is 2. The van der Waals surface area contributed by atoms with E-state index in [1.54, 1.807) is 22.6 Å². The van der Waals surface area contributed by atoms with Crippen molar-refractivity contribution in [3.63, 3.8) is 0 Å². The van der Waals surface area contributed by atoms with Gasteiger partial charge in [0.2, 0.25) is 0 Å². The minimum atomic E-state index is -0.413. The molecule has 3 aromatic rings. The van der Waals surface area contributed by atoms with Crippen molar-refractivity contribution in [1.29, 1.82) is 0 Å². The largest absolute Gasteiger partial charge is 0.363 e. The Hall–Kier alpha value is -2.80. The molecule has 122 valence electrons. The van der Waals surface area contributed by atoms with Crippen LogP contribution >= 0.6 is 0 Å². The maximum absolute atomic E-state index is 13.6. The van der Waals surface area contributed by atoms with E-state index in [0.717, 1.165) is 0 Å². The molecule has 7 heteroatoms. The van der Waals surface area contributed by atoms with E-state index in [1.807, 2.05) is 0 Å². The summed E-state index contributed by atoms with van der Waals surface area (Å²) in [5, 5.41) is 2.76. The van der Waals surface area contributed by atoms with E-state index < -0.39 is 11.9 Å². The van der Waals surface area contributed by atoms with Crippen molar-refractivity contribution in [3.05, 3.63) is 59.9 Å². The van der Waals surface area contributed by atoms with E-state index >= 15 is 0 Å². The third-order valence-electron chi connectivity index (χ3n) is 3.85. The van der Waals surface area contributed by atoms with Gasteiger partial charge in [0.25, 0.3) is 5.91 Å². The molecule has 0 aliphatic carbocycles. The molecule has 1 atom stereocenters. The number of fused-ring (bicyclic) bond motifs is 1. The monoisotopic (exact) mass is 329 g/mol. The minimum absolute atomic E-state index is 0.163. The molecule has 4 rings (SSSR count). The SMILES string of the molecule is O=C(NCc1c(-c2ccc(F)cc2)nc2ccc(F)cn12)C1CO1. The molecule has 3 heterocycles. The van der Waals surface area contributed by atoms with Gasteiger partial charge in [0.05, 0.1) is 24.5 Å². The average Bonchev–Trinajstić information content (AvgIpc) is 3.36. The molecule has 0 saturated carbocycles. The number of hydrogen-bond acceptors (Lipinski definition) is 3. The molecule has 0 bridgehead atoms.